The molecule has 0 aromatic rings. The van der Waals surface area contributed by atoms with Gasteiger partial charge < -0.3 is 29.2 Å². The van der Waals surface area contributed by atoms with Crippen LogP contribution in [-0.4, -0.2) is 72.5 Å². The molecule has 1 saturated heterocycles. The topological polar surface area (TPSA) is 112 Å². The van der Waals surface area contributed by atoms with Crippen molar-refractivity contribution in [2.24, 2.45) is 34.0 Å². The molecule has 5 fully saturated rings. The number of hydrogen-bond donors (Lipinski definition) is 2. The highest BCUT2D eigenvalue weighted by Crippen LogP contribution is 2.70. The number of ether oxygens (including phenoxy) is 4. The highest BCUT2D eigenvalue weighted by molar-refractivity contribution is 5.94. The number of ketones is 1. The third-order valence-electron chi connectivity index (χ3n) is 11.9. The molecule has 12 unspecified atom stereocenters. The van der Waals surface area contributed by atoms with Gasteiger partial charge in [0.1, 0.15) is 18.5 Å². The van der Waals surface area contributed by atoms with Crippen LogP contribution in [0.15, 0.2) is 11.6 Å². The van der Waals surface area contributed by atoms with Gasteiger partial charge in [0.2, 0.25) is 0 Å². The van der Waals surface area contributed by atoms with E-state index < -0.39 is 29.3 Å². The number of Topliss-reactive ketones (excluding diaryl/α,β-unsaturated/α-hetero) is 1. The minimum Gasteiger partial charge on any atom is -0.458 e. The molecule has 12 atom stereocenters. The summed E-state index contributed by atoms with van der Waals surface area (Å²) >= 11 is 0. The molecule has 2 aliphatic heterocycles. The maximum absolute atomic E-state index is 14.4. The van der Waals surface area contributed by atoms with Gasteiger partial charge in [0.15, 0.2) is 6.29 Å². The molecule has 38 heavy (non-hydrogen) atoms. The van der Waals surface area contributed by atoms with Gasteiger partial charge >= 0.3 is 5.97 Å². The van der Waals surface area contributed by atoms with Crippen LogP contribution in [0.4, 0.5) is 0 Å². The maximum Gasteiger partial charge on any atom is 0.331 e. The Balaban J connectivity index is 1.19. The molecule has 212 valence electrons. The van der Waals surface area contributed by atoms with Crippen LogP contribution in [0, 0.1) is 34.0 Å². The van der Waals surface area contributed by atoms with Gasteiger partial charge in [-0.05, 0) is 87.0 Å². The molecule has 4 saturated carbocycles. The molecule has 6 aliphatic rings. The molecule has 8 nitrogen and oxygen atoms in total. The fraction of sp³-hybridized carbons (Fsp3) is 0.867. The molecule has 2 bridgehead atoms. The smallest absolute Gasteiger partial charge is 0.331 e. The second kappa shape index (κ2) is 9.37. The first-order valence-electron chi connectivity index (χ1n) is 14.6. The normalized spacial score (nSPS) is 52.6. The van der Waals surface area contributed by atoms with Crippen LogP contribution in [0.1, 0.15) is 78.6 Å². The van der Waals surface area contributed by atoms with E-state index >= 15 is 0 Å². The van der Waals surface area contributed by atoms with E-state index in [0.29, 0.717) is 25.9 Å². The van der Waals surface area contributed by atoms with Gasteiger partial charge in [0.25, 0.3) is 0 Å². The Bertz CT molecular complexity index is 1010. The quantitative estimate of drug-likeness (QED) is 0.419. The van der Waals surface area contributed by atoms with Crippen LogP contribution in [0.25, 0.3) is 0 Å². The van der Waals surface area contributed by atoms with Crippen LogP contribution in [-0.2, 0) is 28.5 Å². The summed E-state index contributed by atoms with van der Waals surface area (Å²) in [4.78, 5) is 26.2. The molecular weight excluding hydrogens is 488 g/mol. The van der Waals surface area contributed by atoms with Crippen molar-refractivity contribution in [2.45, 2.75) is 115 Å². The fourth-order valence-corrected chi connectivity index (χ4v) is 9.83. The van der Waals surface area contributed by atoms with Crippen LogP contribution in [0.5, 0.6) is 0 Å². The Kier molecular flexibility index (Phi) is 6.63. The molecule has 0 amide bonds. The standard InChI is InChI=1S/C30H44O8/c1-16-26(33)21(35-4)14-25(37-16)38-19-5-8-28(2)18(12-19)13-23(31)30-10-6-20(17-11-24(32)36-15-17)29(3,27(30)34)9-7-22(28)30/h11,16,18-23,25-26,31,33H,5-10,12-15H2,1-4H3. The molecule has 8 heteroatoms. The Morgan fingerprint density at radius 2 is 1.82 bits per heavy atom. The van der Waals surface area contributed by atoms with E-state index in [1.54, 1.807) is 13.2 Å². The number of carbonyl (C=O) groups is 2. The number of carbonyl (C=O) groups excluding carboxylic acids is 2. The van der Waals surface area contributed by atoms with E-state index in [1.807, 2.05) is 6.92 Å². The Morgan fingerprint density at radius 3 is 2.53 bits per heavy atom. The third kappa shape index (κ3) is 3.80. The Morgan fingerprint density at radius 1 is 1.03 bits per heavy atom. The van der Waals surface area contributed by atoms with Crippen molar-refractivity contribution in [1.82, 2.24) is 0 Å². The predicted octanol–water partition coefficient (Wildman–Crippen LogP) is 3.32. The van der Waals surface area contributed by atoms with Gasteiger partial charge in [-0.25, -0.2) is 4.79 Å². The summed E-state index contributed by atoms with van der Waals surface area (Å²) in [5, 5.41) is 22.1. The summed E-state index contributed by atoms with van der Waals surface area (Å²) in [5.74, 6) is 0.356. The van der Waals surface area contributed by atoms with E-state index in [-0.39, 0.29) is 53.2 Å². The average Bonchev–Trinajstić information content (AvgIpc) is 3.30. The monoisotopic (exact) mass is 532 g/mol. The summed E-state index contributed by atoms with van der Waals surface area (Å²) < 4.78 is 23.1. The van der Waals surface area contributed by atoms with Gasteiger partial charge in [-0.2, -0.15) is 0 Å². The zero-order valence-electron chi connectivity index (χ0n) is 23.2. The minimum atomic E-state index is -0.698. The lowest BCUT2D eigenvalue weighted by atomic mass is 9.36. The van der Waals surface area contributed by atoms with E-state index in [4.69, 9.17) is 18.9 Å². The van der Waals surface area contributed by atoms with Crippen LogP contribution >= 0.6 is 0 Å². The second-order valence-corrected chi connectivity index (χ2v) is 13.6. The number of fused-ring (bicyclic) bond motifs is 3. The zero-order chi connectivity index (χ0) is 27.0. The highest BCUT2D eigenvalue weighted by atomic mass is 16.7. The summed E-state index contributed by atoms with van der Waals surface area (Å²) in [7, 11) is 1.61. The third-order valence-corrected chi connectivity index (χ3v) is 11.9. The SMILES string of the molecule is COC1CC(OC2CCC3(C)C(C2)CC(O)C24CCC(C5=CC(=O)OC5)C(C)(CCC32)C4=O)OC(C)C1O. The lowest BCUT2D eigenvalue weighted by Gasteiger charge is -2.67. The van der Waals surface area contributed by atoms with Crippen molar-refractivity contribution >= 4 is 11.8 Å². The fourth-order valence-electron chi connectivity index (χ4n) is 9.83. The number of rotatable bonds is 4. The first-order chi connectivity index (χ1) is 18.0. The average molecular weight is 533 g/mol. The van der Waals surface area contributed by atoms with Crippen LogP contribution in [0.2, 0.25) is 0 Å². The molecule has 1 spiro atoms. The minimum absolute atomic E-state index is 0.0159. The van der Waals surface area contributed by atoms with Crippen LogP contribution < -0.4 is 0 Å². The number of aliphatic hydroxyl groups excluding tert-OH is 2. The first-order valence-corrected chi connectivity index (χ1v) is 14.6. The maximum atomic E-state index is 14.4. The van der Waals surface area contributed by atoms with Crippen molar-refractivity contribution in [3.8, 4) is 0 Å². The van der Waals surface area contributed by atoms with Gasteiger partial charge in [-0.1, -0.05) is 13.8 Å². The molecule has 2 N–H and O–H groups in total. The highest BCUT2D eigenvalue weighted by Gasteiger charge is 2.70. The van der Waals surface area contributed by atoms with E-state index in [9.17, 15) is 19.8 Å². The molecule has 4 aliphatic carbocycles. The molecule has 0 aromatic heterocycles. The van der Waals surface area contributed by atoms with Crippen LogP contribution in [0.3, 0.4) is 0 Å². The molecule has 0 radical (unpaired) electrons. The first kappa shape index (κ1) is 26.9. The van der Waals surface area contributed by atoms with E-state index in [0.717, 1.165) is 44.1 Å². The zero-order valence-corrected chi connectivity index (χ0v) is 23.2. The summed E-state index contributed by atoms with van der Waals surface area (Å²) in [6.07, 6.45) is 6.22. The van der Waals surface area contributed by atoms with Crippen molar-refractivity contribution in [3.05, 3.63) is 11.6 Å². The van der Waals surface area contributed by atoms with Gasteiger partial charge in [0.05, 0.1) is 29.8 Å². The summed E-state index contributed by atoms with van der Waals surface area (Å²) in [6.45, 7) is 6.57. The van der Waals surface area contributed by atoms with E-state index in [1.165, 1.54) is 0 Å². The number of esters is 1. The lowest BCUT2D eigenvalue weighted by Crippen LogP contribution is -2.69. The van der Waals surface area contributed by atoms with Crippen molar-refractivity contribution in [3.63, 3.8) is 0 Å². The van der Waals surface area contributed by atoms with Gasteiger partial charge in [-0.15, -0.1) is 0 Å². The van der Waals surface area contributed by atoms with Gasteiger partial charge in [-0.3, -0.25) is 4.79 Å². The molecule has 2 heterocycles. The Hall–Kier alpha value is -1.32. The Labute approximate surface area is 225 Å². The molecule has 0 aromatic carbocycles. The number of methoxy groups -OCH3 is 1. The largest absolute Gasteiger partial charge is 0.458 e. The second-order valence-electron chi connectivity index (χ2n) is 13.6. The lowest BCUT2D eigenvalue weighted by molar-refractivity contribution is -0.274. The summed E-state index contributed by atoms with van der Waals surface area (Å²) in [6, 6.07) is 0. The van der Waals surface area contributed by atoms with Crippen molar-refractivity contribution in [1.29, 1.82) is 0 Å². The molecule has 6 rings (SSSR count). The molecular formula is C30H44O8. The van der Waals surface area contributed by atoms with Gasteiger partial charge in [0, 0.05) is 25.0 Å². The van der Waals surface area contributed by atoms with E-state index in [2.05, 4.69) is 13.8 Å². The number of hydrogen-bond acceptors (Lipinski definition) is 8. The van der Waals surface area contributed by atoms with Crippen molar-refractivity contribution < 1.29 is 38.7 Å². The van der Waals surface area contributed by atoms with Crippen molar-refractivity contribution in [2.75, 3.05) is 13.7 Å². The number of aliphatic hydroxyl groups is 2. The number of cyclic esters (lactones) is 1. The summed E-state index contributed by atoms with van der Waals surface area (Å²) in [5.41, 5.74) is -0.332. The predicted molar refractivity (Wildman–Crippen MR) is 137 cm³/mol.